The van der Waals surface area contributed by atoms with Crippen LogP contribution in [0.5, 0.6) is 0 Å². The summed E-state index contributed by atoms with van der Waals surface area (Å²) >= 11 is 0. The van der Waals surface area contributed by atoms with E-state index in [0.29, 0.717) is 12.8 Å². The molecule has 2 fully saturated rings. The second-order valence-corrected chi connectivity index (χ2v) is 9.05. The van der Waals surface area contributed by atoms with Gasteiger partial charge in [-0.25, -0.2) is 9.80 Å². The summed E-state index contributed by atoms with van der Waals surface area (Å²) in [4.78, 5) is 56.4. The van der Waals surface area contributed by atoms with Crippen LogP contribution >= 0.6 is 7.60 Å². The van der Waals surface area contributed by atoms with Crippen LogP contribution in [0.25, 0.3) is 0 Å². The lowest BCUT2D eigenvalue weighted by Gasteiger charge is -2.47. The molecule has 2 aliphatic rings. The van der Waals surface area contributed by atoms with Crippen LogP contribution in [0.3, 0.4) is 0 Å². The van der Waals surface area contributed by atoms with Crippen LogP contribution in [0.15, 0.2) is 30.3 Å². The molecular weight excluding hydrogens is 401 g/mol. The SMILES string of the molecule is O=C(O)[C@@H]1CCCN2C(=O)C[C@H](N[C@@H](CCc3ccccc3)P(=O)(O)O)C(=O)N12. The molecule has 1 aromatic carbocycles. The Morgan fingerprint density at radius 3 is 2.55 bits per heavy atom. The molecule has 29 heavy (non-hydrogen) atoms. The summed E-state index contributed by atoms with van der Waals surface area (Å²) in [6.45, 7) is 0.247. The van der Waals surface area contributed by atoms with Gasteiger partial charge in [0.1, 0.15) is 5.78 Å². The highest BCUT2D eigenvalue weighted by Gasteiger charge is 2.47. The van der Waals surface area contributed by atoms with Gasteiger partial charge < -0.3 is 14.9 Å². The molecule has 1 aromatic rings. The van der Waals surface area contributed by atoms with Gasteiger partial charge in [0.15, 0.2) is 6.04 Å². The third kappa shape index (κ3) is 4.84. The summed E-state index contributed by atoms with van der Waals surface area (Å²) < 4.78 is 12.0. The van der Waals surface area contributed by atoms with Crippen molar-refractivity contribution >= 4 is 25.4 Å². The molecule has 0 saturated carbocycles. The fourth-order valence-electron chi connectivity index (χ4n) is 3.76. The molecule has 0 spiro atoms. The third-order valence-corrected chi connectivity index (χ3v) is 6.45. The molecule has 0 radical (unpaired) electrons. The number of carboxylic acids is 1. The Balaban J connectivity index is 1.76. The molecule has 3 rings (SSSR count). The van der Waals surface area contributed by atoms with Crippen LogP contribution in [-0.2, 0) is 25.4 Å². The zero-order valence-electron chi connectivity index (χ0n) is 15.7. The number of nitrogens with one attached hydrogen (secondary N) is 1. The quantitative estimate of drug-likeness (QED) is 0.456. The second kappa shape index (κ2) is 8.62. The molecule has 2 heterocycles. The molecule has 2 aliphatic heterocycles. The molecule has 11 heteroatoms. The van der Waals surface area contributed by atoms with Crippen molar-refractivity contribution in [2.45, 2.75) is 50.0 Å². The van der Waals surface area contributed by atoms with Crippen LogP contribution in [0.4, 0.5) is 0 Å². The number of carboxylic acid groups (broad SMARTS) is 1. The fourth-order valence-corrected chi connectivity index (χ4v) is 4.60. The minimum atomic E-state index is -4.62. The molecule has 2 saturated heterocycles. The normalized spacial score (nSPS) is 23.7. The van der Waals surface area contributed by atoms with Crippen molar-refractivity contribution in [3.05, 3.63) is 35.9 Å². The first-order valence-electron chi connectivity index (χ1n) is 9.40. The number of nitrogens with zero attached hydrogens (tertiary/aromatic N) is 2. The summed E-state index contributed by atoms with van der Waals surface area (Å²) in [5, 5.41) is 14.1. The van der Waals surface area contributed by atoms with Crippen LogP contribution in [0.2, 0.25) is 0 Å². The number of hydrogen-bond acceptors (Lipinski definition) is 5. The van der Waals surface area contributed by atoms with E-state index in [1.807, 2.05) is 30.3 Å². The highest BCUT2D eigenvalue weighted by molar-refractivity contribution is 7.52. The van der Waals surface area contributed by atoms with Gasteiger partial charge in [-0.05, 0) is 31.2 Å². The highest BCUT2D eigenvalue weighted by atomic mass is 31.2. The number of amides is 2. The molecule has 0 aromatic heterocycles. The largest absolute Gasteiger partial charge is 0.480 e. The standard InChI is InChI=1S/C18H24N3O7P/c22-16-11-13(17(23)21-14(18(24)25)7-4-10-20(16)21)19-15(29(26,27)28)9-8-12-5-2-1-3-6-12/h1-3,5-6,13-15,19H,4,7-11H2,(H,24,25)(H2,26,27,28)/t13-,14-,15+/m0/s1. The molecule has 158 valence electrons. The first kappa shape index (κ1) is 21.4. The number of fused-ring (bicyclic) bond motifs is 1. The topological polar surface area (TPSA) is 147 Å². The number of aryl methyl sites for hydroxylation is 1. The van der Waals surface area contributed by atoms with Crippen LogP contribution in [0.1, 0.15) is 31.2 Å². The maximum Gasteiger partial charge on any atom is 0.342 e. The predicted octanol–water partition coefficient (Wildman–Crippen LogP) is 0.304. The molecule has 2 amide bonds. The van der Waals surface area contributed by atoms with E-state index in [-0.39, 0.29) is 25.8 Å². The maximum absolute atomic E-state index is 12.9. The van der Waals surface area contributed by atoms with E-state index in [0.717, 1.165) is 15.6 Å². The molecule has 0 aliphatic carbocycles. The van der Waals surface area contributed by atoms with Gasteiger partial charge in [-0.2, -0.15) is 0 Å². The first-order chi connectivity index (χ1) is 13.7. The zero-order valence-corrected chi connectivity index (χ0v) is 16.6. The summed E-state index contributed by atoms with van der Waals surface area (Å²) in [7, 11) is -4.62. The summed E-state index contributed by atoms with van der Waals surface area (Å²) in [5.41, 5.74) is 0.881. The number of aliphatic carboxylic acids is 1. The van der Waals surface area contributed by atoms with Crippen molar-refractivity contribution in [3.8, 4) is 0 Å². The summed E-state index contributed by atoms with van der Waals surface area (Å²) in [6, 6.07) is 6.77. The Morgan fingerprint density at radius 2 is 1.93 bits per heavy atom. The van der Waals surface area contributed by atoms with E-state index >= 15 is 0 Å². The Bertz CT molecular complexity index is 822. The number of hydrazine groups is 1. The van der Waals surface area contributed by atoms with Crippen molar-refractivity contribution in [2.24, 2.45) is 0 Å². The molecule has 0 unspecified atom stereocenters. The smallest absolute Gasteiger partial charge is 0.342 e. The molecule has 4 N–H and O–H groups in total. The fraction of sp³-hybridized carbons (Fsp3) is 0.500. The Hall–Kier alpha value is -2.26. The van der Waals surface area contributed by atoms with Gasteiger partial charge in [-0.15, -0.1) is 0 Å². The van der Waals surface area contributed by atoms with E-state index in [1.165, 1.54) is 0 Å². The number of benzene rings is 1. The van der Waals surface area contributed by atoms with Gasteiger partial charge in [0.05, 0.1) is 12.5 Å². The van der Waals surface area contributed by atoms with Crippen molar-refractivity contribution in [1.82, 2.24) is 15.3 Å². The number of rotatable bonds is 7. The average Bonchev–Trinajstić information content (AvgIpc) is 2.68. The van der Waals surface area contributed by atoms with Crippen LogP contribution in [-0.4, -0.2) is 67.1 Å². The predicted molar refractivity (Wildman–Crippen MR) is 101 cm³/mol. The van der Waals surface area contributed by atoms with Gasteiger partial charge >= 0.3 is 13.6 Å². The number of hydrogen-bond donors (Lipinski definition) is 4. The number of carbonyl (C=O) groups excluding carboxylic acids is 2. The van der Waals surface area contributed by atoms with Crippen LogP contribution in [0, 0.1) is 0 Å². The Labute approximate surface area is 167 Å². The minimum Gasteiger partial charge on any atom is -0.480 e. The molecule has 0 bridgehead atoms. The lowest BCUT2D eigenvalue weighted by Crippen LogP contribution is -2.68. The third-order valence-electron chi connectivity index (χ3n) is 5.23. The van der Waals surface area contributed by atoms with Crippen LogP contribution < -0.4 is 5.32 Å². The maximum atomic E-state index is 12.9. The summed E-state index contributed by atoms with van der Waals surface area (Å²) in [6.07, 6.45) is 0.828. The van der Waals surface area contributed by atoms with E-state index in [2.05, 4.69) is 5.32 Å². The number of carbonyl (C=O) groups is 3. The molecule has 10 nitrogen and oxygen atoms in total. The second-order valence-electron chi connectivity index (χ2n) is 7.25. The van der Waals surface area contributed by atoms with E-state index < -0.39 is 43.2 Å². The summed E-state index contributed by atoms with van der Waals surface area (Å²) in [5.74, 6) is -3.65. The first-order valence-corrected chi connectivity index (χ1v) is 11.1. The molecular formula is C18H24N3O7P. The van der Waals surface area contributed by atoms with Crippen molar-refractivity contribution in [1.29, 1.82) is 0 Å². The van der Waals surface area contributed by atoms with Crippen molar-refractivity contribution < 1.29 is 33.8 Å². The Morgan fingerprint density at radius 1 is 1.24 bits per heavy atom. The zero-order chi connectivity index (χ0) is 21.2. The average molecular weight is 425 g/mol. The Kier molecular flexibility index (Phi) is 6.38. The monoisotopic (exact) mass is 425 g/mol. The van der Waals surface area contributed by atoms with Gasteiger partial charge in [0.2, 0.25) is 5.91 Å². The van der Waals surface area contributed by atoms with Gasteiger partial charge in [-0.1, -0.05) is 30.3 Å². The minimum absolute atomic E-state index is 0.0539. The van der Waals surface area contributed by atoms with Gasteiger partial charge in [0, 0.05) is 6.54 Å². The lowest BCUT2D eigenvalue weighted by atomic mass is 10.0. The van der Waals surface area contributed by atoms with E-state index in [4.69, 9.17) is 0 Å². The molecule has 3 atom stereocenters. The van der Waals surface area contributed by atoms with E-state index in [9.17, 15) is 33.8 Å². The van der Waals surface area contributed by atoms with Crippen molar-refractivity contribution in [2.75, 3.05) is 6.54 Å². The lowest BCUT2D eigenvalue weighted by molar-refractivity contribution is -0.190. The van der Waals surface area contributed by atoms with Gasteiger partial charge in [0.25, 0.3) is 5.91 Å². The highest BCUT2D eigenvalue weighted by Crippen LogP contribution is 2.42. The van der Waals surface area contributed by atoms with E-state index in [1.54, 1.807) is 0 Å². The van der Waals surface area contributed by atoms with Crippen molar-refractivity contribution in [3.63, 3.8) is 0 Å². The van der Waals surface area contributed by atoms with Gasteiger partial charge in [-0.3, -0.25) is 24.5 Å².